The second-order valence-corrected chi connectivity index (χ2v) is 8.84. The summed E-state index contributed by atoms with van der Waals surface area (Å²) in [6.07, 6.45) is -4.62. The van der Waals surface area contributed by atoms with E-state index in [2.05, 4.69) is 15.2 Å². The van der Waals surface area contributed by atoms with Crippen molar-refractivity contribution in [3.63, 3.8) is 0 Å². The van der Waals surface area contributed by atoms with Crippen LogP contribution in [-0.4, -0.2) is 39.7 Å². The zero-order chi connectivity index (χ0) is 30.4. The van der Waals surface area contributed by atoms with Gasteiger partial charge in [0, 0.05) is 17.7 Å². The highest BCUT2D eigenvalue weighted by atomic mass is 19.4. The van der Waals surface area contributed by atoms with Gasteiger partial charge in [0.1, 0.15) is 17.2 Å². The first-order valence-electron chi connectivity index (χ1n) is 12.2. The first-order valence-corrected chi connectivity index (χ1v) is 12.2. The largest absolute Gasteiger partial charge is 0.573 e. The molecule has 0 unspecified atom stereocenters. The van der Waals surface area contributed by atoms with E-state index in [9.17, 15) is 35.9 Å². The molecule has 1 heterocycles. The van der Waals surface area contributed by atoms with Crippen LogP contribution in [0.1, 0.15) is 28.9 Å². The number of amides is 1. The lowest BCUT2D eigenvalue weighted by molar-refractivity contribution is -0.274. The van der Waals surface area contributed by atoms with E-state index >= 15 is 0 Å². The average Bonchev–Trinajstić information content (AvgIpc) is 3.34. The van der Waals surface area contributed by atoms with E-state index in [0.717, 1.165) is 24.3 Å². The first-order chi connectivity index (χ1) is 19.9. The van der Waals surface area contributed by atoms with Crippen LogP contribution in [0.4, 0.5) is 32.0 Å². The Morgan fingerprint density at radius 2 is 1.52 bits per heavy atom. The SMILES string of the molecule is O=C(O)CCCOc1ccc(Cn2nc(-c3cc(F)c(F)c(F)c3)cc2C(=O)Nc2ccc(OC(F)(F)F)cc2)cc1. The van der Waals surface area contributed by atoms with Crippen LogP contribution in [0.15, 0.2) is 66.7 Å². The third-order valence-electron chi connectivity index (χ3n) is 5.70. The summed E-state index contributed by atoms with van der Waals surface area (Å²) in [6.45, 7) is 0.180. The van der Waals surface area contributed by atoms with Crippen molar-refractivity contribution in [2.45, 2.75) is 25.7 Å². The van der Waals surface area contributed by atoms with E-state index in [1.807, 2.05) is 0 Å². The van der Waals surface area contributed by atoms with Gasteiger partial charge in [-0.3, -0.25) is 14.3 Å². The van der Waals surface area contributed by atoms with Crippen LogP contribution in [0.2, 0.25) is 0 Å². The van der Waals surface area contributed by atoms with Crippen LogP contribution < -0.4 is 14.8 Å². The predicted molar refractivity (Wildman–Crippen MR) is 137 cm³/mol. The van der Waals surface area contributed by atoms with Crippen molar-refractivity contribution in [1.82, 2.24) is 9.78 Å². The second kappa shape index (κ2) is 12.7. The summed E-state index contributed by atoms with van der Waals surface area (Å²) in [7, 11) is 0. The molecule has 3 aromatic carbocycles. The Balaban J connectivity index is 1.57. The Bertz CT molecular complexity index is 1550. The number of aromatic nitrogens is 2. The van der Waals surface area contributed by atoms with E-state index in [1.54, 1.807) is 24.3 Å². The number of halogens is 6. The van der Waals surface area contributed by atoms with Gasteiger partial charge in [0.25, 0.3) is 5.91 Å². The zero-order valence-electron chi connectivity index (χ0n) is 21.4. The van der Waals surface area contributed by atoms with E-state index in [-0.39, 0.29) is 42.2 Å². The van der Waals surface area contributed by atoms with Crippen molar-refractivity contribution in [3.05, 3.63) is 95.4 Å². The van der Waals surface area contributed by atoms with Gasteiger partial charge in [-0.25, -0.2) is 13.2 Å². The molecule has 1 amide bonds. The Labute approximate surface area is 234 Å². The van der Waals surface area contributed by atoms with Crippen molar-refractivity contribution < 1.29 is 50.5 Å². The molecule has 4 aromatic rings. The molecule has 14 heteroatoms. The maximum absolute atomic E-state index is 13.9. The quantitative estimate of drug-likeness (QED) is 0.118. The van der Waals surface area contributed by atoms with E-state index in [1.165, 1.54) is 22.9 Å². The summed E-state index contributed by atoms with van der Waals surface area (Å²) in [4.78, 5) is 23.8. The molecule has 0 bridgehead atoms. The van der Waals surface area contributed by atoms with E-state index in [4.69, 9.17) is 9.84 Å². The number of hydrogen-bond donors (Lipinski definition) is 2. The molecule has 0 aliphatic heterocycles. The molecule has 0 fully saturated rings. The zero-order valence-corrected chi connectivity index (χ0v) is 21.4. The van der Waals surface area contributed by atoms with Gasteiger partial charge in [-0.2, -0.15) is 5.10 Å². The third kappa shape index (κ3) is 8.02. The Kier molecular flexibility index (Phi) is 9.03. The fraction of sp³-hybridized carbons (Fsp3) is 0.179. The maximum Gasteiger partial charge on any atom is 0.573 e. The Hall–Kier alpha value is -5.01. The third-order valence-corrected chi connectivity index (χ3v) is 5.70. The number of nitrogens with zero attached hydrogens (tertiary/aromatic N) is 2. The highest BCUT2D eigenvalue weighted by Crippen LogP contribution is 2.27. The molecule has 0 saturated heterocycles. The van der Waals surface area contributed by atoms with Gasteiger partial charge in [-0.1, -0.05) is 12.1 Å². The van der Waals surface area contributed by atoms with Crippen LogP contribution in [0.25, 0.3) is 11.3 Å². The number of ether oxygens (including phenoxy) is 2. The number of benzene rings is 3. The fourth-order valence-electron chi connectivity index (χ4n) is 3.78. The Morgan fingerprint density at radius 1 is 0.905 bits per heavy atom. The van der Waals surface area contributed by atoms with Gasteiger partial charge < -0.3 is 19.9 Å². The molecule has 0 radical (unpaired) electrons. The van der Waals surface area contributed by atoms with E-state index < -0.39 is 41.4 Å². The van der Waals surface area contributed by atoms with Crippen LogP contribution in [0.5, 0.6) is 11.5 Å². The van der Waals surface area contributed by atoms with Gasteiger partial charge in [-0.05, 0) is 66.6 Å². The lowest BCUT2D eigenvalue weighted by Crippen LogP contribution is -2.19. The smallest absolute Gasteiger partial charge is 0.494 e. The summed E-state index contributed by atoms with van der Waals surface area (Å²) in [6, 6.07) is 13.6. The van der Waals surface area contributed by atoms with Crippen molar-refractivity contribution in [2.75, 3.05) is 11.9 Å². The normalized spacial score (nSPS) is 11.3. The number of aliphatic carboxylic acids is 1. The molecule has 220 valence electrons. The van der Waals surface area contributed by atoms with Gasteiger partial charge in [0.05, 0.1) is 18.8 Å². The van der Waals surface area contributed by atoms with Gasteiger partial charge in [-0.15, -0.1) is 13.2 Å². The molecule has 1 aromatic heterocycles. The number of carboxylic acid groups (broad SMARTS) is 1. The summed E-state index contributed by atoms with van der Waals surface area (Å²) in [5.74, 6) is -6.29. The van der Waals surface area contributed by atoms with Crippen molar-refractivity contribution in [1.29, 1.82) is 0 Å². The lowest BCUT2D eigenvalue weighted by Gasteiger charge is -2.11. The summed E-state index contributed by atoms with van der Waals surface area (Å²) < 4.78 is 89.1. The number of carbonyl (C=O) groups is 2. The number of hydrogen-bond acceptors (Lipinski definition) is 5. The van der Waals surface area contributed by atoms with Gasteiger partial charge in [0.15, 0.2) is 17.5 Å². The Morgan fingerprint density at radius 3 is 2.12 bits per heavy atom. The maximum atomic E-state index is 13.9. The molecule has 0 aliphatic rings. The number of alkyl halides is 3. The highest BCUT2D eigenvalue weighted by Gasteiger charge is 2.31. The van der Waals surface area contributed by atoms with Crippen molar-refractivity contribution in [3.8, 4) is 22.8 Å². The standard InChI is InChI=1S/C28H21F6N3O5/c29-21-12-17(13-22(30)26(21)31)23-14-24(27(40)35-18-5-9-20(10-6-18)42-28(32,33)34)37(36-23)15-16-3-7-19(8-4-16)41-11-1-2-25(38)39/h3-10,12-14H,1-2,11,15H2,(H,35,40)(H,38,39). The molecule has 2 N–H and O–H groups in total. The summed E-state index contributed by atoms with van der Waals surface area (Å²) in [5, 5.41) is 15.5. The molecule has 42 heavy (non-hydrogen) atoms. The molecule has 0 atom stereocenters. The topological polar surface area (TPSA) is 103 Å². The average molecular weight is 593 g/mol. The number of carbonyl (C=O) groups excluding carboxylic acids is 1. The molecular weight excluding hydrogens is 572 g/mol. The number of rotatable bonds is 11. The second-order valence-electron chi connectivity index (χ2n) is 8.84. The van der Waals surface area contributed by atoms with Crippen molar-refractivity contribution >= 4 is 17.6 Å². The molecule has 8 nitrogen and oxygen atoms in total. The van der Waals surface area contributed by atoms with Gasteiger partial charge >= 0.3 is 12.3 Å². The highest BCUT2D eigenvalue weighted by molar-refractivity contribution is 6.03. The molecule has 0 saturated carbocycles. The molecule has 4 rings (SSSR count). The van der Waals surface area contributed by atoms with E-state index in [0.29, 0.717) is 17.7 Å². The number of nitrogens with one attached hydrogen (secondary N) is 1. The summed E-state index contributed by atoms with van der Waals surface area (Å²) >= 11 is 0. The van der Waals surface area contributed by atoms with Crippen LogP contribution in [0, 0.1) is 17.5 Å². The molecular formula is C28H21F6N3O5. The number of anilines is 1. The van der Waals surface area contributed by atoms with Crippen LogP contribution in [0.3, 0.4) is 0 Å². The van der Waals surface area contributed by atoms with Crippen LogP contribution in [-0.2, 0) is 11.3 Å². The lowest BCUT2D eigenvalue weighted by atomic mass is 10.1. The minimum atomic E-state index is -4.89. The van der Waals surface area contributed by atoms with Gasteiger partial charge in [0.2, 0.25) is 0 Å². The number of carboxylic acids is 1. The minimum absolute atomic E-state index is 0.00737. The molecule has 0 spiro atoms. The summed E-state index contributed by atoms with van der Waals surface area (Å²) in [5.41, 5.74) is 0.469. The fourth-order valence-corrected chi connectivity index (χ4v) is 3.78. The monoisotopic (exact) mass is 593 g/mol. The van der Waals surface area contributed by atoms with Crippen LogP contribution >= 0.6 is 0 Å². The van der Waals surface area contributed by atoms with Crippen molar-refractivity contribution in [2.24, 2.45) is 0 Å². The predicted octanol–water partition coefficient (Wildman–Crippen LogP) is 6.41. The minimum Gasteiger partial charge on any atom is -0.494 e. The molecule has 0 aliphatic carbocycles. The first kappa shape index (κ1) is 30.0.